The molecule has 2 aliphatic heterocycles. The van der Waals surface area contributed by atoms with Crippen molar-refractivity contribution in [2.75, 3.05) is 20.2 Å². The Balaban J connectivity index is 1.69. The second-order valence-corrected chi connectivity index (χ2v) is 7.14. The van der Waals surface area contributed by atoms with Crippen LogP contribution in [0.25, 0.3) is 0 Å². The molecule has 1 aliphatic carbocycles. The number of hydrogen-bond acceptors (Lipinski definition) is 4. The van der Waals surface area contributed by atoms with Crippen molar-refractivity contribution in [2.24, 2.45) is 17.8 Å². The van der Waals surface area contributed by atoms with Gasteiger partial charge in [0.2, 0.25) is 5.91 Å². The smallest absolute Gasteiger partial charge is 0.250 e. The minimum Gasteiger partial charge on any atom is -0.396 e. The van der Waals surface area contributed by atoms with Gasteiger partial charge in [-0.15, -0.1) is 0 Å². The first-order chi connectivity index (χ1) is 11.1. The first-order valence-electron chi connectivity index (χ1n) is 8.42. The van der Waals surface area contributed by atoms with Crippen molar-refractivity contribution in [3.05, 3.63) is 34.2 Å². The Morgan fingerprint density at radius 2 is 2.17 bits per heavy atom. The van der Waals surface area contributed by atoms with Crippen LogP contribution in [0.1, 0.15) is 24.6 Å². The van der Waals surface area contributed by atoms with Gasteiger partial charge in [0.05, 0.1) is 12.0 Å². The third kappa shape index (κ3) is 2.32. The predicted octanol–water partition coefficient (Wildman–Crippen LogP) is -0.0321. The molecule has 2 bridgehead atoms. The van der Waals surface area contributed by atoms with Crippen LogP contribution >= 0.6 is 0 Å². The number of nitrogens with zero attached hydrogens (tertiary/aromatic N) is 2. The van der Waals surface area contributed by atoms with E-state index in [9.17, 15) is 14.7 Å². The van der Waals surface area contributed by atoms with Gasteiger partial charge in [0.25, 0.3) is 5.56 Å². The molecule has 2 fully saturated rings. The lowest BCUT2D eigenvalue weighted by atomic mass is 9.86. The summed E-state index contributed by atoms with van der Waals surface area (Å²) >= 11 is 0. The number of carbonyl (C=O) groups is 1. The first kappa shape index (κ1) is 14.9. The van der Waals surface area contributed by atoms with Crippen molar-refractivity contribution in [2.45, 2.75) is 31.5 Å². The summed E-state index contributed by atoms with van der Waals surface area (Å²) in [6.07, 6.45) is 2.39. The number of aliphatic hydroxyl groups excluding tert-OH is 1. The predicted molar refractivity (Wildman–Crippen MR) is 84.8 cm³/mol. The highest BCUT2D eigenvalue weighted by Gasteiger charge is 2.54. The van der Waals surface area contributed by atoms with Gasteiger partial charge in [-0.2, -0.15) is 0 Å². The van der Waals surface area contributed by atoms with E-state index in [2.05, 4.69) is 10.2 Å². The summed E-state index contributed by atoms with van der Waals surface area (Å²) in [7, 11) is 1.99. The zero-order valence-corrected chi connectivity index (χ0v) is 13.3. The molecule has 0 spiro atoms. The van der Waals surface area contributed by atoms with Crippen LogP contribution in [0, 0.1) is 17.8 Å². The molecule has 6 heteroatoms. The minimum atomic E-state index is -0.302. The number of hydrogen-bond donors (Lipinski definition) is 2. The molecule has 1 aromatic rings. The second kappa shape index (κ2) is 5.46. The molecular weight excluding hydrogens is 294 g/mol. The summed E-state index contributed by atoms with van der Waals surface area (Å²) in [5.41, 5.74) is 0.861. The lowest BCUT2D eigenvalue weighted by molar-refractivity contribution is -0.127. The number of nitrogens with one attached hydrogen (secondary N) is 1. The fourth-order valence-corrected chi connectivity index (χ4v) is 4.33. The molecule has 4 atom stereocenters. The molecule has 1 aromatic heterocycles. The van der Waals surface area contributed by atoms with Gasteiger partial charge in [0.15, 0.2) is 0 Å². The Bertz CT molecular complexity index is 682. The average molecular weight is 317 g/mol. The van der Waals surface area contributed by atoms with E-state index in [1.807, 2.05) is 13.1 Å². The van der Waals surface area contributed by atoms with Gasteiger partial charge in [0.1, 0.15) is 0 Å². The Morgan fingerprint density at radius 3 is 2.87 bits per heavy atom. The standard InChI is InChI=1S/C17H23N3O3/c1-19-13-8-20-12(3-2-4-14(20)22)16(19)15(11(13)9-21)17(23)18-7-10-5-6-10/h2-4,10-11,13,15-16,21H,5-9H2,1H3,(H,18,23)/t11-,13-,15+,16+/m1/s1. The van der Waals surface area contributed by atoms with E-state index in [1.54, 1.807) is 16.7 Å². The Labute approximate surface area is 135 Å². The fraction of sp³-hybridized carbons (Fsp3) is 0.647. The van der Waals surface area contributed by atoms with E-state index in [0.29, 0.717) is 12.5 Å². The minimum absolute atomic E-state index is 0.0139. The molecule has 2 N–H and O–H groups in total. The summed E-state index contributed by atoms with van der Waals surface area (Å²) < 4.78 is 1.77. The zero-order valence-electron chi connectivity index (χ0n) is 13.3. The SMILES string of the molecule is CN1[C@@H]2Cn3c(cccc3=O)[C@H]1[C@@H](C(=O)NCC1CC1)[C@@H]2CO. The third-order valence-electron chi connectivity index (χ3n) is 5.79. The highest BCUT2D eigenvalue weighted by atomic mass is 16.3. The van der Waals surface area contributed by atoms with E-state index in [-0.39, 0.29) is 42.0 Å². The first-order valence-corrected chi connectivity index (χ1v) is 8.42. The number of carbonyl (C=O) groups excluding carboxylic acids is 1. The van der Waals surface area contributed by atoms with Gasteiger partial charge in [-0.3, -0.25) is 14.5 Å². The lowest BCUT2D eigenvalue weighted by Gasteiger charge is -2.35. The van der Waals surface area contributed by atoms with E-state index in [1.165, 1.54) is 12.8 Å². The molecule has 4 rings (SSSR count). The van der Waals surface area contributed by atoms with E-state index in [0.717, 1.165) is 12.2 Å². The second-order valence-electron chi connectivity index (χ2n) is 7.14. The number of aliphatic hydroxyl groups is 1. The summed E-state index contributed by atoms with van der Waals surface area (Å²) in [5, 5.41) is 13.0. The third-order valence-corrected chi connectivity index (χ3v) is 5.79. The highest BCUT2D eigenvalue weighted by Crippen LogP contribution is 2.47. The Morgan fingerprint density at radius 1 is 1.39 bits per heavy atom. The molecule has 1 saturated heterocycles. The molecule has 1 amide bonds. The molecule has 1 saturated carbocycles. The molecule has 6 nitrogen and oxygen atoms in total. The van der Waals surface area contributed by atoms with Crippen molar-refractivity contribution in [3.8, 4) is 0 Å². The van der Waals surface area contributed by atoms with Crippen LogP contribution < -0.4 is 10.9 Å². The summed E-state index contributed by atoms with van der Waals surface area (Å²) in [5.74, 6) is 0.202. The zero-order chi connectivity index (χ0) is 16.1. The van der Waals surface area contributed by atoms with Gasteiger partial charge in [-0.25, -0.2) is 0 Å². The van der Waals surface area contributed by atoms with Crippen LogP contribution in [0.3, 0.4) is 0 Å². The molecule has 23 heavy (non-hydrogen) atoms. The van der Waals surface area contributed by atoms with Crippen LogP contribution in [0.15, 0.2) is 23.0 Å². The molecule has 3 heterocycles. The van der Waals surface area contributed by atoms with Crippen LogP contribution in [0.4, 0.5) is 0 Å². The molecule has 0 unspecified atom stereocenters. The quantitative estimate of drug-likeness (QED) is 0.818. The molecule has 0 aromatic carbocycles. The molecule has 3 aliphatic rings. The van der Waals surface area contributed by atoms with Gasteiger partial charge in [-0.1, -0.05) is 6.07 Å². The van der Waals surface area contributed by atoms with Gasteiger partial charge in [0, 0.05) is 43.4 Å². The molecule has 124 valence electrons. The van der Waals surface area contributed by atoms with Crippen molar-refractivity contribution in [1.29, 1.82) is 0 Å². The largest absolute Gasteiger partial charge is 0.396 e. The maximum atomic E-state index is 12.8. The van der Waals surface area contributed by atoms with Crippen molar-refractivity contribution in [3.63, 3.8) is 0 Å². The van der Waals surface area contributed by atoms with E-state index >= 15 is 0 Å². The number of aromatic nitrogens is 1. The van der Waals surface area contributed by atoms with Gasteiger partial charge >= 0.3 is 0 Å². The molecule has 0 radical (unpaired) electrons. The van der Waals surface area contributed by atoms with E-state index < -0.39 is 0 Å². The number of amides is 1. The number of pyridine rings is 1. The monoisotopic (exact) mass is 317 g/mol. The summed E-state index contributed by atoms with van der Waals surface area (Å²) in [4.78, 5) is 27.1. The lowest BCUT2D eigenvalue weighted by Crippen LogP contribution is -2.44. The average Bonchev–Trinajstić information content (AvgIpc) is 3.33. The maximum Gasteiger partial charge on any atom is 0.250 e. The van der Waals surface area contributed by atoms with Crippen LogP contribution in [0.2, 0.25) is 0 Å². The van der Waals surface area contributed by atoms with Crippen LogP contribution in [-0.2, 0) is 11.3 Å². The number of fused-ring (bicyclic) bond motifs is 4. The maximum absolute atomic E-state index is 12.8. The highest BCUT2D eigenvalue weighted by molar-refractivity contribution is 5.80. The van der Waals surface area contributed by atoms with Crippen molar-refractivity contribution >= 4 is 5.91 Å². The fourth-order valence-electron chi connectivity index (χ4n) is 4.33. The van der Waals surface area contributed by atoms with Gasteiger partial charge < -0.3 is 15.0 Å². The summed E-state index contributed by atoms with van der Waals surface area (Å²) in [6, 6.07) is 5.13. The Kier molecular flexibility index (Phi) is 3.54. The topological polar surface area (TPSA) is 74.6 Å². The van der Waals surface area contributed by atoms with Crippen molar-refractivity contribution < 1.29 is 9.90 Å². The summed E-state index contributed by atoms with van der Waals surface area (Å²) in [6.45, 7) is 1.24. The van der Waals surface area contributed by atoms with Crippen molar-refractivity contribution in [1.82, 2.24) is 14.8 Å². The normalized spacial score (nSPS) is 32.6. The number of rotatable bonds is 4. The number of likely N-dealkylation sites (N-methyl/N-ethyl adjacent to an activating group) is 1. The molecular formula is C17H23N3O3. The van der Waals surface area contributed by atoms with E-state index in [4.69, 9.17) is 0 Å². The van der Waals surface area contributed by atoms with Crippen LogP contribution in [-0.4, -0.2) is 46.7 Å². The van der Waals surface area contributed by atoms with Crippen LogP contribution in [0.5, 0.6) is 0 Å². The van der Waals surface area contributed by atoms with Gasteiger partial charge in [-0.05, 0) is 31.9 Å². The Hall–Kier alpha value is -1.66.